The third-order valence-corrected chi connectivity index (χ3v) is 4.31. The van der Waals surface area contributed by atoms with Crippen molar-refractivity contribution in [2.24, 2.45) is 5.73 Å². The number of benzene rings is 2. The summed E-state index contributed by atoms with van der Waals surface area (Å²) >= 11 is 6.26. The topological polar surface area (TPSA) is 111 Å². The molecule has 28 heavy (non-hydrogen) atoms. The lowest BCUT2D eigenvalue weighted by molar-refractivity contribution is -0.127. The van der Waals surface area contributed by atoms with E-state index >= 15 is 0 Å². The first-order valence-electron chi connectivity index (χ1n) is 8.33. The van der Waals surface area contributed by atoms with Crippen molar-refractivity contribution in [3.8, 4) is 11.3 Å². The molecule has 0 bridgehead atoms. The van der Waals surface area contributed by atoms with Gasteiger partial charge >= 0.3 is 12.0 Å². The van der Waals surface area contributed by atoms with Crippen molar-refractivity contribution in [1.82, 2.24) is 10.3 Å². The van der Waals surface area contributed by atoms with Crippen molar-refractivity contribution < 1.29 is 19.1 Å². The number of nitrogens with two attached hydrogens (primary N) is 1. The molecule has 3 amide bonds. The van der Waals surface area contributed by atoms with Gasteiger partial charge in [-0.25, -0.2) is 14.6 Å². The normalized spacial score (nSPS) is 11.6. The molecule has 1 heterocycles. The maximum absolute atomic E-state index is 12.7. The van der Waals surface area contributed by atoms with E-state index in [4.69, 9.17) is 22.1 Å². The number of imide groups is 1. The van der Waals surface area contributed by atoms with E-state index in [1.165, 1.54) is 6.92 Å². The number of carbonyl (C=O) groups is 3. The van der Waals surface area contributed by atoms with Gasteiger partial charge in [0.1, 0.15) is 0 Å². The number of amides is 3. The Labute approximate surface area is 165 Å². The van der Waals surface area contributed by atoms with E-state index in [1.54, 1.807) is 48.5 Å². The van der Waals surface area contributed by atoms with E-state index in [-0.39, 0.29) is 5.56 Å². The summed E-state index contributed by atoms with van der Waals surface area (Å²) in [5, 5.41) is 2.92. The number of urea groups is 1. The van der Waals surface area contributed by atoms with Crippen LogP contribution in [0.5, 0.6) is 0 Å². The van der Waals surface area contributed by atoms with Crippen LogP contribution in [0.4, 0.5) is 4.79 Å². The summed E-state index contributed by atoms with van der Waals surface area (Å²) in [6, 6.07) is 14.7. The van der Waals surface area contributed by atoms with Crippen LogP contribution in [-0.4, -0.2) is 29.0 Å². The highest BCUT2D eigenvalue weighted by Gasteiger charge is 2.22. The summed E-state index contributed by atoms with van der Waals surface area (Å²) < 4.78 is 5.21. The van der Waals surface area contributed by atoms with Gasteiger partial charge in [-0.05, 0) is 25.1 Å². The van der Waals surface area contributed by atoms with E-state index in [9.17, 15) is 14.4 Å². The highest BCUT2D eigenvalue weighted by molar-refractivity contribution is 6.33. The number of rotatable bonds is 4. The fraction of sp³-hybridized carbons (Fsp3) is 0.100. The minimum Gasteiger partial charge on any atom is -0.449 e. The molecule has 142 valence electrons. The second-order valence-corrected chi connectivity index (χ2v) is 6.36. The molecule has 2 aromatic carbocycles. The predicted molar refractivity (Wildman–Crippen MR) is 105 cm³/mol. The van der Waals surface area contributed by atoms with Gasteiger partial charge in [-0.1, -0.05) is 48.0 Å². The molecule has 0 spiro atoms. The third kappa shape index (κ3) is 4.10. The molecule has 0 saturated heterocycles. The molecule has 0 fully saturated rings. The molecule has 0 radical (unpaired) electrons. The Hall–Kier alpha value is -3.45. The number of pyridine rings is 1. The Morgan fingerprint density at radius 2 is 1.79 bits per heavy atom. The largest absolute Gasteiger partial charge is 0.449 e. The molecule has 1 atom stereocenters. The lowest BCUT2D eigenvalue weighted by Crippen LogP contribution is -2.42. The Bertz CT molecular complexity index is 1080. The molecular weight excluding hydrogens is 382 g/mol. The fourth-order valence-electron chi connectivity index (χ4n) is 2.65. The molecule has 0 aliphatic carbocycles. The zero-order valence-corrected chi connectivity index (χ0v) is 15.6. The third-order valence-electron chi connectivity index (χ3n) is 3.99. The number of esters is 1. The zero-order valence-electron chi connectivity index (χ0n) is 14.8. The number of fused-ring (bicyclic) bond motifs is 1. The quantitative estimate of drug-likeness (QED) is 0.656. The fourth-order valence-corrected chi connectivity index (χ4v) is 2.88. The maximum Gasteiger partial charge on any atom is 0.339 e. The number of aromatic nitrogens is 1. The van der Waals surface area contributed by atoms with Crippen molar-refractivity contribution in [2.45, 2.75) is 13.0 Å². The van der Waals surface area contributed by atoms with Crippen molar-refractivity contribution in [3.05, 3.63) is 65.2 Å². The van der Waals surface area contributed by atoms with Crippen LogP contribution in [0.1, 0.15) is 17.3 Å². The number of halogens is 1. The summed E-state index contributed by atoms with van der Waals surface area (Å²) in [6.07, 6.45) is -1.21. The Morgan fingerprint density at radius 1 is 1.11 bits per heavy atom. The second-order valence-electron chi connectivity index (χ2n) is 5.95. The Morgan fingerprint density at radius 3 is 2.50 bits per heavy atom. The number of hydrogen-bond acceptors (Lipinski definition) is 5. The van der Waals surface area contributed by atoms with Gasteiger partial charge < -0.3 is 10.5 Å². The molecular formula is C20H16ClN3O4. The molecule has 0 unspecified atom stereocenters. The summed E-state index contributed by atoms with van der Waals surface area (Å²) in [5.41, 5.74) is 6.85. The van der Waals surface area contributed by atoms with Gasteiger partial charge in [0.25, 0.3) is 5.91 Å². The van der Waals surface area contributed by atoms with E-state index in [1.807, 2.05) is 11.4 Å². The minimum absolute atomic E-state index is 0.222. The first-order valence-corrected chi connectivity index (χ1v) is 8.70. The summed E-state index contributed by atoms with van der Waals surface area (Å²) in [5.74, 6) is -1.55. The van der Waals surface area contributed by atoms with E-state index in [2.05, 4.69) is 4.98 Å². The van der Waals surface area contributed by atoms with Gasteiger partial charge in [0.15, 0.2) is 6.10 Å². The molecule has 0 saturated carbocycles. The van der Waals surface area contributed by atoms with E-state index in [0.717, 1.165) is 0 Å². The van der Waals surface area contributed by atoms with Crippen LogP contribution in [0.2, 0.25) is 5.02 Å². The predicted octanol–water partition coefficient (Wildman–Crippen LogP) is 3.30. The number of nitrogens with zero attached hydrogens (tertiary/aromatic N) is 1. The van der Waals surface area contributed by atoms with Gasteiger partial charge in [-0.15, -0.1) is 0 Å². The van der Waals surface area contributed by atoms with Gasteiger partial charge in [-0.3, -0.25) is 10.1 Å². The van der Waals surface area contributed by atoms with Gasteiger partial charge in [0, 0.05) is 16.0 Å². The number of ether oxygens (including phenoxy) is 1. The summed E-state index contributed by atoms with van der Waals surface area (Å²) in [6.45, 7) is 1.34. The van der Waals surface area contributed by atoms with E-state index < -0.39 is 24.0 Å². The van der Waals surface area contributed by atoms with Crippen molar-refractivity contribution in [3.63, 3.8) is 0 Å². The van der Waals surface area contributed by atoms with Crippen LogP contribution in [0.15, 0.2) is 54.6 Å². The molecule has 1 aromatic heterocycles. The Balaban J connectivity index is 2.02. The second kappa shape index (κ2) is 8.06. The first-order chi connectivity index (χ1) is 13.4. The molecule has 7 nitrogen and oxygen atoms in total. The number of carbonyl (C=O) groups excluding carboxylic acids is 3. The molecule has 8 heteroatoms. The monoisotopic (exact) mass is 397 g/mol. The van der Waals surface area contributed by atoms with Crippen LogP contribution in [0.3, 0.4) is 0 Å². The van der Waals surface area contributed by atoms with Crippen LogP contribution >= 0.6 is 11.6 Å². The molecule has 0 aliphatic rings. The van der Waals surface area contributed by atoms with Crippen LogP contribution < -0.4 is 11.1 Å². The standard InChI is InChI=1S/C20H16ClN3O4/c1-11(18(25)24-20(22)27)28-19(26)14-10-17(13-7-2-4-8-15(13)21)23-16-9-5-3-6-12(14)16/h2-11H,1H3,(H3,22,24,25,27)/t11-/m0/s1. The SMILES string of the molecule is C[C@H](OC(=O)c1cc(-c2ccccc2Cl)nc2ccccc12)C(=O)NC(N)=O. The van der Waals surface area contributed by atoms with Gasteiger partial charge in [0.05, 0.1) is 16.8 Å². The summed E-state index contributed by atoms with van der Waals surface area (Å²) in [7, 11) is 0. The minimum atomic E-state index is -1.21. The van der Waals surface area contributed by atoms with Gasteiger partial charge in [0.2, 0.25) is 0 Å². The number of nitrogens with one attached hydrogen (secondary N) is 1. The number of para-hydroxylation sites is 1. The molecule has 3 rings (SSSR count). The molecule has 3 N–H and O–H groups in total. The van der Waals surface area contributed by atoms with Crippen molar-refractivity contribution >= 4 is 40.4 Å². The lowest BCUT2D eigenvalue weighted by Gasteiger charge is -2.14. The van der Waals surface area contributed by atoms with Crippen molar-refractivity contribution in [2.75, 3.05) is 0 Å². The van der Waals surface area contributed by atoms with Crippen LogP contribution in [-0.2, 0) is 9.53 Å². The van der Waals surface area contributed by atoms with Crippen molar-refractivity contribution in [1.29, 1.82) is 0 Å². The highest BCUT2D eigenvalue weighted by Crippen LogP contribution is 2.30. The maximum atomic E-state index is 12.7. The lowest BCUT2D eigenvalue weighted by atomic mass is 10.0. The number of hydrogen-bond donors (Lipinski definition) is 2. The first kappa shape index (κ1) is 19.3. The average Bonchev–Trinajstić information content (AvgIpc) is 2.66. The van der Waals surface area contributed by atoms with Gasteiger partial charge in [-0.2, -0.15) is 0 Å². The molecule has 3 aromatic rings. The highest BCUT2D eigenvalue weighted by atomic mass is 35.5. The number of primary amides is 1. The summed E-state index contributed by atoms with van der Waals surface area (Å²) in [4.78, 5) is 39.9. The average molecular weight is 398 g/mol. The van der Waals surface area contributed by atoms with E-state index in [0.29, 0.717) is 27.2 Å². The Kier molecular flexibility index (Phi) is 5.56. The smallest absolute Gasteiger partial charge is 0.339 e. The molecule has 0 aliphatic heterocycles. The van der Waals surface area contributed by atoms with Crippen LogP contribution in [0.25, 0.3) is 22.2 Å². The van der Waals surface area contributed by atoms with Crippen LogP contribution in [0, 0.1) is 0 Å². The zero-order chi connectivity index (χ0) is 20.3.